The first-order valence-electron chi connectivity index (χ1n) is 12.3. The van der Waals surface area contributed by atoms with E-state index in [2.05, 4.69) is 20.6 Å². The van der Waals surface area contributed by atoms with Crippen LogP contribution >= 0.6 is 0 Å². The largest absolute Gasteiger partial charge is 0.348 e. The van der Waals surface area contributed by atoms with Crippen molar-refractivity contribution >= 4 is 23.5 Å². The number of likely N-dealkylation sites (tertiary alicyclic amines) is 1. The van der Waals surface area contributed by atoms with Crippen molar-refractivity contribution in [3.8, 4) is 0 Å². The van der Waals surface area contributed by atoms with E-state index >= 15 is 0 Å². The Kier molecular flexibility index (Phi) is 7.87. The molecule has 4 rings (SSSR count). The van der Waals surface area contributed by atoms with Crippen molar-refractivity contribution in [2.75, 3.05) is 18.4 Å². The molecule has 180 valence electrons. The molecular formula is C26H33N5O3. The molecule has 1 saturated carbocycles. The quantitative estimate of drug-likeness (QED) is 0.654. The number of hydrogen-bond acceptors (Lipinski definition) is 5. The van der Waals surface area contributed by atoms with Crippen molar-refractivity contribution in [1.29, 1.82) is 0 Å². The number of anilines is 1. The van der Waals surface area contributed by atoms with E-state index in [-0.39, 0.29) is 47.1 Å². The molecule has 8 nitrogen and oxygen atoms in total. The average molecular weight is 464 g/mol. The van der Waals surface area contributed by atoms with Crippen LogP contribution in [0.25, 0.3) is 0 Å². The number of amides is 3. The Balaban J connectivity index is 1.32. The molecule has 0 bridgehead atoms. The van der Waals surface area contributed by atoms with Crippen molar-refractivity contribution in [3.05, 3.63) is 54.0 Å². The number of nitrogens with zero attached hydrogens (tertiary/aromatic N) is 3. The summed E-state index contributed by atoms with van der Waals surface area (Å²) in [6.45, 7) is 3.23. The van der Waals surface area contributed by atoms with Crippen LogP contribution in [-0.4, -0.2) is 51.7 Å². The number of carbonyl (C=O) groups is 3. The first kappa shape index (κ1) is 23.9. The van der Waals surface area contributed by atoms with E-state index in [9.17, 15) is 14.4 Å². The molecule has 8 heteroatoms. The van der Waals surface area contributed by atoms with E-state index in [1.807, 2.05) is 42.2 Å². The highest BCUT2D eigenvalue weighted by atomic mass is 16.2. The van der Waals surface area contributed by atoms with Crippen LogP contribution in [0.5, 0.6) is 0 Å². The van der Waals surface area contributed by atoms with Crippen LogP contribution in [-0.2, 0) is 9.59 Å². The third-order valence-electron chi connectivity index (χ3n) is 6.93. The van der Waals surface area contributed by atoms with Crippen LogP contribution < -0.4 is 10.6 Å². The smallest absolute Gasteiger partial charge is 0.273 e. The van der Waals surface area contributed by atoms with Gasteiger partial charge in [0.1, 0.15) is 0 Å². The Hall–Kier alpha value is -3.29. The van der Waals surface area contributed by atoms with Gasteiger partial charge in [-0.25, -0.2) is 9.97 Å². The summed E-state index contributed by atoms with van der Waals surface area (Å²) >= 11 is 0. The molecule has 1 aromatic heterocycles. The van der Waals surface area contributed by atoms with Crippen molar-refractivity contribution in [2.45, 2.75) is 63.8 Å². The van der Waals surface area contributed by atoms with Gasteiger partial charge < -0.3 is 15.5 Å². The molecule has 1 atom stereocenters. The zero-order chi connectivity index (χ0) is 23.9. The molecule has 0 radical (unpaired) electrons. The Bertz CT molecular complexity index is 999. The lowest BCUT2D eigenvalue weighted by atomic mass is 9.93. The summed E-state index contributed by atoms with van der Waals surface area (Å²) in [5, 5.41) is 5.82. The second kappa shape index (κ2) is 11.2. The highest BCUT2D eigenvalue weighted by molar-refractivity contribution is 6.01. The highest BCUT2D eigenvalue weighted by Gasteiger charge is 2.30. The maximum atomic E-state index is 13.1. The minimum absolute atomic E-state index is 0.0254. The average Bonchev–Trinajstić information content (AvgIpc) is 3.41. The van der Waals surface area contributed by atoms with E-state index in [0.29, 0.717) is 25.9 Å². The third-order valence-corrected chi connectivity index (χ3v) is 6.93. The Morgan fingerprint density at radius 3 is 2.35 bits per heavy atom. The Labute approximate surface area is 200 Å². The lowest BCUT2D eigenvalue weighted by Crippen LogP contribution is -2.48. The maximum Gasteiger partial charge on any atom is 0.273 e. The zero-order valence-corrected chi connectivity index (χ0v) is 19.7. The van der Waals surface area contributed by atoms with Crippen LogP contribution in [0.4, 0.5) is 5.82 Å². The number of hydrogen-bond donors (Lipinski definition) is 2. The van der Waals surface area contributed by atoms with Crippen LogP contribution in [0, 0.1) is 5.92 Å². The topological polar surface area (TPSA) is 104 Å². The molecule has 1 aliphatic carbocycles. The molecule has 2 fully saturated rings. The van der Waals surface area contributed by atoms with E-state index in [1.54, 1.807) is 0 Å². The van der Waals surface area contributed by atoms with Gasteiger partial charge in [-0.2, -0.15) is 0 Å². The van der Waals surface area contributed by atoms with Gasteiger partial charge in [0, 0.05) is 37.4 Å². The molecule has 34 heavy (non-hydrogen) atoms. The van der Waals surface area contributed by atoms with E-state index in [1.165, 1.54) is 12.4 Å². The summed E-state index contributed by atoms with van der Waals surface area (Å²) in [6.07, 6.45) is 8.87. The van der Waals surface area contributed by atoms with Crippen molar-refractivity contribution in [1.82, 2.24) is 20.2 Å². The summed E-state index contributed by atoms with van der Waals surface area (Å²) < 4.78 is 0. The number of carbonyl (C=O) groups excluding carboxylic acids is 3. The summed E-state index contributed by atoms with van der Waals surface area (Å²) in [5.41, 5.74) is 1.17. The monoisotopic (exact) mass is 463 g/mol. The van der Waals surface area contributed by atoms with E-state index < -0.39 is 0 Å². The third kappa shape index (κ3) is 5.61. The summed E-state index contributed by atoms with van der Waals surface area (Å²) in [6, 6.07) is 9.83. The van der Waals surface area contributed by atoms with Gasteiger partial charge in [-0.3, -0.25) is 14.4 Å². The molecule has 2 aliphatic rings. The van der Waals surface area contributed by atoms with Crippen molar-refractivity contribution < 1.29 is 14.4 Å². The summed E-state index contributed by atoms with van der Waals surface area (Å²) in [7, 11) is 0. The summed E-state index contributed by atoms with van der Waals surface area (Å²) in [4.78, 5) is 48.8. The molecule has 1 aromatic carbocycles. The number of aromatic nitrogens is 2. The molecule has 0 spiro atoms. The van der Waals surface area contributed by atoms with Crippen molar-refractivity contribution in [3.63, 3.8) is 0 Å². The van der Waals surface area contributed by atoms with Crippen LogP contribution in [0.15, 0.2) is 42.7 Å². The van der Waals surface area contributed by atoms with Gasteiger partial charge in [0.25, 0.3) is 5.91 Å². The minimum atomic E-state index is -0.352. The Morgan fingerprint density at radius 1 is 1.00 bits per heavy atom. The first-order chi connectivity index (χ1) is 16.6. The van der Waals surface area contributed by atoms with Gasteiger partial charge in [0.15, 0.2) is 11.5 Å². The highest BCUT2D eigenvalue weighted by Crippen LogP contribution is 2.26. The van der Waals surface area contributed by atoms with Gasteiger partial charge >= 0.3 is 0 Å². The van der Waals surface area contributed by atoms with E-state index in [0.717, 1.165) is 37.7 Å². The fourth-order valence-electron chi connectivity index (χ4n) is 4.96. The second-order valence-corrected chi connectivity index (χ2v) is 9.17. The molecule has 1 aliphatic heterocycles. The van der Waals surface area contributed by atoms with Gasteiger partial charge in [-0.05, 0) is 37.7 Å². The molecule has 2 heterocycles. The van der Waals surface area contributed by atoms with Crippen LogP contribution in [0.2, 0.25) is 0 Å². The maximum absolute atomic E-state index is 13.1. The molecule has 2 N–H and O–H groups in total. The standard InChI is InChI=1S/C26H33N5O3/c1-2-21(18-8-4-3-5-9-18)26(34)31-16-12-20(13-17-31)29-25(33)22-23(28-15-14-27-22)30-24(32)19-10-6-7-11-19/h3-5,8-9,14-15,19-21H,2,6-7,10-13,16-17H2,1H3,(H,29,33)(H,28,30,32). The van der Waals surface area contributed by atoms with Crippen molar-refractivity contribution in [2.24, 2.45) is 5.92 Å². The number of nitrogens with one attached hydrogen (secondary N) is 2. The van der Waals surface area contributed by atoms with Gasteiger partial charge in [-0.15, -0.1) is 0 Å². The number of piperidine rings is 1. The number of benzene rings is 1. The normalized spacial score (nSPS) is 17.9. The fraction of sp³-hybridized carbons (Fsp3) is 0.500. The van der Waals surface area contributed by atoms with Gasteiger partial charge in [0.2, 0.25) is 11.8 Å². The second-order valence-electron chi connectivity index (χ2n) is 9.17. The van der Waals surface area contributed by atoms with Crippen LogP contribution in [0.1, 0.15) is 73.8 Å². The molecule has 1 saturated heterocycles. The fourth-order valence-corrected chi connectivity index (χ4v) is 4.96. The molecule has 3 amide bonds. The first-order valence-corrected chi connectivity index (χ1v) is 12.3. The lowest BCUT2D eigenvalue weighted by Gasteiger charge is -2.34. The minimum Gasteiger partial charge on any atom is -0.348 e. The van der Waals surface area contributed by atoms with Gasteiger partial charge in [-0.1, -0.05) is 50.1 Å². The summed E-state index contributed by atoms with van der Waals surface area (Å²) in [5.74, 6) is -0.263. The zero-order valence-electron chi connectivity index (χ0n) is 19.7. The lowest BCUT2D eigenvalue weighted by molar-refractivity contribution is -0.134. The Morgan fingerprint density at radius 2 is 1.68 bits per heavy atom. The van der Waals surface area contributed by atoms with Gasteiger partial charge in [0.05, 0.1) is 5.92 Å². The predicted octanol–water partition coefficient (Wildman–Crippen LogP) is 3.52. The SMILES string of the molecule is CCC(C(=O)N1CCC(NC(=O)c2nccnc2NC(=O)C2CCCC2)CC1)c1ccccc1. The number of rotatable bonds is 7. The van der Waals surface area contributed by atoms with Crippen LogP contribution in [0.3, 0.4) is 0 Å². The molecule has 2 aromatic rings. The van der Waals surface area contributed by atoms with E-state index in [4.69, 9.17) is 0 Å². The molecule has 1 unspecified atom stereocenters. The molecular weight excluding hydrogens is 430 g/mol. The predicted molar refractivity (Wildman–Crippen MR) is 129 cm³/mol.